The average molecular weight is 679 g/mol. The van der Waals surface area contributed by atoms with Crippen molar-refractivity contribution in [3.8, 4) is 11.5 Å². The van der Waals surface area contributed by atoms with E-state index in [4.69, 9.17) is 19.8 Å². The van der Waals surface area contributed by atoms with Crippen LogP contribution in [0.15, 0.2) is 82.8 Å². The van der Waals surface area contributed by atoms with Crippen LogP contribution in [-0.2, 0) is 38.7 Å². The normalized spacial score (nSPS) is 11.3. The van der Waals surface area contributed by atoms with Gasteiger partial charge in [0.25, 0.3) is 0 Å². The van der Waals surface area contributed by atoms with E-state index in [9.17, 15) is 36.6 Å². The SMILES string of the molecule is CC(=O)[O-].CC(=O)[O-].Oc1ccc(C(F)(F)F)cc1C=Nc1cc2ccccc2cc1N=Cc1cc(C(F)(F)F)ccc1O.[Co+2]. The summed E-state index contributed by atoms with van der Waals surface area (Å²) in [5.41, 5.74) is -1.98. The quantitative estimate of drug-likeness (QED) is 0.221. The summed E-state index contributed by atoms with van der Waals surface area (Å²) in [4.78, 5) is 26.2. The van der Waals surface area contributed by atoms with Crippen molar-refractivity contribution in [2.24, 2.45) is 9.98 Å². The zero-order chi connectivity index (χ0) is 33.2. The number of aromatic hydroxyl groups is 2. The van der Waals surface area contributed by atoms with Crippen LogP contribution in [0.2, 0.25) is 0 Å². The van der Waals surface area contributed by atoms with Gasteiger partial charge in [0.05, 0.1) is 22.5 Å². The Morgan fingerprint density at radius 1 is 0.644 bits per heavy atom. The maximum atomic E-state index is 13.1. The molecule has 0 heterocycles. The first-order chi connectivity index (χ1) is 20.4. The van der Waals surface area contributed by atoms with Gasteiger partial charge in [0.15, 0.2) is 0 Å². The summed E-state index contributed by atoms with van der Waals surface area (Å²) in [5.74, 6) is -3.02. The van der Waals surface area contributed by atoms with Crippen molar-refractivity contribution in [3.63, 3.8) is 0 Å². The minimum absolute atomic E-state index is 0. The van der Waals surface area contributed by atoms with E-state index in [2.05, 4.69) is 9.98 Å². The summed E-state index contributed by atoms with van der Waals surface area (Å²) in [6.07, 6.45) is -7.17. The Kier molecular flexibility index (Phi) is 13.8. The number of phenolic OH excluding ortho intramolecular Hbond substituents is 2. The predicted molar refractivity (Wildman–Crippen MR) is 146 cm³/mol. The molecular formula is C30H22CoF6N2O6. The minimum Gasteiger partial charge on any atom is -0.550 e. The number of carbonyl (C=O) groups excluding carboxylic acids is 2. The molecule has 4 aromatic carbocycles. The van der Waals surface area contributed by atoms with Crippen LogP contribution in [0.4, 0.5) is 37.7 Å². The van der Waals surface area contributed by atoms with Crippen LogP contribution < -0.4 is 10.2 Å². The summed E-state index contributed by atoms with van der Waals surface area (Å²) in [5, 5.41) is 39.2. The molecule has 0 aliphatic carbocycles. The summed E-state index contributed by atoms with van der Waals surface area (Å²) in [7, 11) is 0. The van der Waals surface area contributed by atoms with E-state index in [1.807, 2.05) is 0 Å². The number of fused-ring (bicyclic) bond motifs is 1. The second-order valence-electron chi connectivity index (χ2n) is 8.73. The van der Waals surface area contributed by atoms with Gasteiger partial charge in [-0.1, -0.05) is 24.3 Å². The smallest absolute Gasteiger partial charge is 0.550 e. The van der Waals surface area contributed by atoms with E-state index >= 15 is 0 Å². The molecule has 0 aromatic heterocycles. The Morgan fingerprint density at radius 3 is 1.24 bits per heavy atom. The van der Waals surface area contributed by atoms with Crippen LogP contribution in [-0.4, -0.2) is 34.6 Å². The molecule has 0 unspecified atom stereocenters. The van der Waals surface area contributed by atoms with Crippen molar-refractivity contribution >= 4 is 46.5 Å². The third-order valence-electron chi connectivity index (χ3n) is 5.24. The number of aliphatic imine (C=N–C) groups is 2. The number of nitrogens with zero attached hydrogens (tertiary/aromatic N) is 2. The van der Waals surface area contributed by atoms with Gasteiger partial charge in [0.1, 0.15) is 11.5 Å². The number of aliphatic carboxylic acids is 2. The number of hydrogen-bond acceptors (Lipinski definition) is 8. The molecule has 1 radical (unpaired) electrons. The fourth-order valence-electron chi connectivity index (χ4n) is 3.37. The van der Waals surface area contributed by atoms with Crippen molar-refractivity contribution in [1.82, 2.24) is 0 Å². The number of rotatable bonds is 4. The van der Waals surface area contributed by atoms with Crippen molar-refractivity contribution in [2.75, 3.05) is 0 Å². The van der Waals surface area contributed by atoms with Gasteiger partial charge in [-0.2, -0.15) is 26.3 Å². The molecule has 45 heavy (non-hydrogen) atoms. The number of phenols is 2. The largest absolute Gasteiger partial charge is 2.00 e. The minimum atomic E-state index is -4.62. The maximum Gasteiger partial charge on any atom is 2.00 e. The molecule has 0 aliphatic heterocycles. The molecule has 0 amide bonds. The second kappa shape index (κ2) is 16.3. The Morgan fingerprint density at radius 2 is 0.956 bits per heavy atom. The zero-order valence-electron chi connectivity index (χ0n) is 23.1. The maximum absolute atomic E-state index is 13.1. The standard InChI is InChI=1S/C26H16F6N2O2.2C2H4O2.Co/c27-25(28,29)19-5-7-23(35)17(9-19)13-33-21-11-15-3-1-2-4-16(15)12-22(21)34-14-18-10-20(26(30,31)32)6-8-24(18)36;2*1-2(3)4;/h1-14,35-36H;2*1H3,(H,3,4);/q;;;+2/p-2. The van der Waals surface area contributed by atoms with Crippen LogP contribution in [0.25, 0.3) is 10.8 Å². The van der Waals surface area contributed by atoms with Crippen molar-refractivity contribution in [1.29, 1.82) is 0 Å². The number of hydrogen-bond donors (Lipinski definition) is 2. The van der Waals surface area contributed by atoms with E-state index in [0.29, 0.717) is 0 Å². The van der Waals surface area contributed by atoms with Crippen molar-refractivity contribution < 1.29 is 73.1 Å². The average Bonchev–Trinajstić information content (AvgIpc) is 2.90. The first-order valence-electron chi connectivity index (χ1n) is 12.1. The first-order valence-corrected chi connectivity index (χ1v) is 12.1. The second-order valence-corrected chi connectivity index (χ2v) is 8.73. The molecule has 0 saturated carbocycles. The third-order valence-corrected chi connectivity index (χ3v) is 5.24. The summed E-state index contributed by atoms with van der Waals surface area (Å²) in [6, 6.07) is 15.0. The van der Waals surface area contributed by atoms with Gasteiger partial charge in [0, 0.05) is 35.5 Å². The molecule has 4 rings (SSSR count). The van der Waals surface area contributed by atoms with Gasteiger partial charge >= 0.3 is 29.1 Å². The van der Waals surface area contributed by atoms with E-state index in [1.165, 1.54) is 0 Å². The van der Waals surface area contributed by atoms with Crippen LogP contribution in [0.3, 0.4) is 0 Å². The molecule has 0 aliphatic rings. The molecule has 0 spiro atoms. The van der Waals surface area contributed by atoms with E-state index in [0.717, 1.165) is 73.4 Å². The van der Waals surface area contributed by atoms with Gasteiger partial charge in [-0.15, -0.1) is 0 Å². The van der Waals surface area contributed by atoms with Crippen molar-refractivity contribution in [3.05, 3.63) is 95.1 Å². The summed E-state index contributed by atoms with van der Waals surface area (Å²) in [6.45, 7) is 1.94. The van der Waals surface area contributed by atoms with Gasteiger partial charge in [0.2, 0.25) is 0 Å². The molecule has 239 valence electrons. The van der Waals surface area contributed by atoms with Crippen molar-refractivity contribution in [2.45, 2.75) is 26.2 Å². The zero-order valence-corrected chi connectivity index (χ0v) is 24.1. The number of halogens is 6. The fourth-order valence-corrected chi connectivity index (χ4v) is 3.37. The van der Waals surface area contributed by atoms with Crippen LogP contribution >= 0.6 is 0 Å². The predicted octanol–water partition coefficient (Wildman–Crippen LogP) is 5.30. The third kappa shape index (κ3) is 12.3. The van der Waals surface area contributed by atoms with Crippen LogP contribution in [0, 0.1) is 0 Å². The molecule has 15 heteroatoms. The molecule has 0 atom stereocenters. The summed E-state index contributed by atoms with van der Waals surface area (Å²) >= 11 is 0. The van der Waals surface area contributed by atoms with Crippen LogP contribution in [0.1, 0.15) is 36.1 Å². The molecule has 0 bridgehead atoms. The van der Waals surface area contributed by atoms with Gasteiger partial charge < -0.3 is 30.0 Å². The Balaban J connectivity index is 0.00000101. The summed E-state index contributed by atoms with van der Waals surface area (Å²) < 4.78 is 78.4. The van der Waals surface area contributed by atoms with Gasteiger partial charge in [-0.25, -0.2) is 0 Å². The van der Waals surface area contributed by atoms with Gasteiger partial charge in [-0.3, -0.25) is 9.98 Å². The van der Waals surface area contributed by atoms with E-state index < -0.39 is 46.9 Å². The monoisotopic (exact) mass is 679 g/mol. The molecule has 4 aromatic rings. The van der Waals surface area contributed by atoms with E-state index in [-0.39, 0.29) is 39.3 Å². The number of carboxylic acid groups (broad SMARTS) is 2. The Bertz CT molecular complexity index is 1570. The molecular weight excluding hydrogens is 657 g/mol. The molecule has 2 N–H and O–H groups in total. The topological polar surface area (TPSA) is 145 Å². The molecule has 0 fully saturated rings. The first kappa shape index (κ1) is 38.1. The van der Waals surface area contributed by atoms with Gasteiger partial charge in [-0.05, 0) is 73.2 Å². The Labute approximate surface area is 262 Å². The van der Waals surface area contributed by atoms with Crippen LogP contribution in [0.5, 0.6) is 11.5 Å². The number of carboxylic acids is 2. The number of benzene rings is 4. The molecule has 0 saturated heterocycles. The number of carbonyl (C=O) groups is 2. The molecule has 8 nitrogen and oxygen atoms in total. The van der Waals surface area contributed by atoms with E-state index in [1.54, 1.807) is 36.4 Å². The number of alkyl halides is 6. The fraction of sp³-hybridized carbons (Fsp3) is 0.133. The Hall–Kier alpha value is -4.89.